The van der Waals surface area contributed by atoms with E-state index in [0.29, 0.717) is 11.7 Å². The standard InChI is InChI=1S/C14H14BrN3O/c1-9-8-14(17-11(3)16-9)19-18-10(2)12-4-6-13(15)7-5-12/h4-8H,1-3H3/b18-10+. The molecule has 0 spiro atoms. The minimum absolute atomic E-state index is 0.460. The van der Waals surface area contributed by atoms with Crippen LogP contribution in [0.4, 0.5) is 0 Å². The summed E-state index contributed by atoms with van der Waals surface area (Å²) < 4.78 is 1.03. The SMILES string of the molecule is C/C(=N\Oc1cc(C)nc(C)n1)c1ccc(Br)cc1. The Hall–Kier alpha value is -1.75. The van der Waals surface area contributed by atoms with E-state index < -0.39 is 0 Å². The second-order valence-electron chi connectivity index (χ2n) is 4.17. The summed E-state index contributed by atoms with van der Waals surface area (Å²) in [7, 11) is 0. The van der Waals surface area contributed by atoms with Gasteiger partial charge in [-0.05, 0) is 38.5 Å². The van der Waals surface area contributed by atoms with Gasteiger partial charge in [0.1, 0.15) is 5.82 Å². The fraction of sp³-hybridized carbons (Fsp3) is 0.214. The highest BCUT2D eigenvalue weighted by atomic mass is 79.9. The van der Waals surface area contributed by atoms with Crippen LogP contribution in [-0.4, -0.2) is 15.7 Å². The first-order valence-corrected chi connectivity index (χ1v) is 6.64. The van der Waals surface area contributed by atoms with Crippen LogP contribution in [0.1, 0.15) is 24.0 Å². The maximum absolute atomic E-state index is 5.34. The fourth-order valence-electron chi connectivity index (χ4n) is 1.59. The molecule has 0 N–H and O–H groups in total. The highest BCUT2D eigenvalue weighted by Gasteiger charge is 2.01. The van der Waals surface area contributed by atoms with E-state index in [1.54, 1.807) is 6.07 Å². The van der Waals surface area contributed by atoms with E-state index in [2.05, 4.69) is 31.1 Å². The second-order valence-corrected chi connectivity index (χ2v) is 5.09. The molecule has 19 heavy (non-hydrogen) atoms. The van der Waals surface area contributed by atoms with Crippen LogP contribution >= 0.6 is 15.9 Å². The summed E-state index contributed by atoms with van der Waals surface area (Å²) in [5, 5.41) is 4.09. The third-order valence-corrected chi connectivity index (χ3v) is 3.01. The Morgan fingerprint density at radius 3 is 2.47 bits per heavy atom. The molecule has 0 aliphatic heterocycles. The summed E-state index contributed by atoms with van der Waals surface area (Å²) >= 11 is 3.40. The molecule has 1 aromatic heterocycles. The van der Waals surface area contributed by atoms with Crippen molar-refractivity contribution < 1.29 is 4.84 Å². The lowest BCUT2D eigenvalue weighted by Gasteiger charge is -2.03. The van der Waals surface area contributed by atoms with Crippen LogP contribution in [0.3, 0.4) is 0 Å². The lowest BCUT2D eigenvalue weighted by Crippen LogP contribution is -2.00. The van der Waals surface area contributed by atoms with Crippen LogP contribution in [0.25, 0.3) is 0 Å². The molecule has 0 saturated heterocycles. The summed E-state index contributed by atoms with van der Waals surface area (Å²) in [6, 6.07) is 9.64. The molecule has 0 bridgehead atoms. The Morgan fingerprint density at radius 1 is 1.16 bits per heavy atom. The van der Waals surface area contributed by atoms with E-state index in [-0.39, 0.29) is 0 Å². The number of aromatic nitrogens is 2. The minimum Gasteiger partial charge on any atom is -0.336 e. The summed E-state index contributed by atoms with van der Waals surface area (Å²) in [6.07, 6.45) is 0. The predicted molar refractivity (Wildman–Crippen MR) is 78.5 cm³/mol. The average Bonchev–Trinajstić information content (AvgIpc) is 2.36. The van der Waals surface area contributed by atoms with Crippen LogP contribution < -0.4 is 4.84 Å². The predicted octanol–water partition coefficient (Wildman–Crippen LogP) is 3.66. The first-order chi connectivity index (χ1) is 9.04. The molecule has 0 radical (unpaired) electrons. The van der Waals surface area contributed by atoms with Gasteiger partial charge in [0.25, 0.3) is 5.88 Å². The molecule has 0 saturated carbocycles. The first-order valence-electron chi connectivity index (χ1n) is 5.84. The summed E-state index contributed by atoms with van der Waals surface area (Å²) in [4.78, 5) is 13.7. The van der Waals surface area contributed by atoms with Gasteiger partial charge in [0.15, 0.2) is 0 Å². The zero-order chi connectivity index (χ0) is 13.8. The molecule has 2 aromatic rings. The van der Waals surface area contributed by atoms with Crippen molar-refractivity contribution in [2.24, 2.45) is 5.16 Å². The van der Waals surface area contributed by atoms with Gasteiger partial charge in [0.2, 0.25) is 0 Å². The van der Waals surface area contributed by atoms with Gasteiger partial charge in [-0.25, -0.2) is 4.98 Å². The number of aryl methyl sites for hydroxylation is 2. The lowest BCUT2D eigenvalue weighted by molar-refractivity contribution is 0.325. The van der Waals surface area contributed by atoms with Crippen molar-refractivity contribution in [3.63, 3.8) is 0 Å². The number of rotatable bonds is 3. The molecule has 1 heterocycles. The fourth-order valence-corrected chi connectivity index (χ4v) is 1.85. The van der Waals surface area contributed by atoms with Gasteiger partial charge in [0, 0.05) is 16.2 Å². The van der Waals surface area contributed by atoms with Gasteiger partial charge < -0.3 is 4.84 Å². The van der Waals surface area contributed by atoms with E-state index in [4.69, 9.17) is 4.84 Å². The molecule has 98 valence electrons. The topological polar surface area (TPSA) is 47.4 Å². The van der Waals surface area contributed by atoms with Crippen molar-refractivity contribution in [1.82, 2.24) is 9.97 Å². The largest absolute Gasteiger partial charge is 0.336 e. The highest BCUT2D eigenvalue weighted by Crippen LogP contribution is 2.13. The first kappa shape index (κ1) is 13.7. The van der Waals surface area contributed by atoms with E-state index >= 15 is 0 Å². The molecule has 0 atom stereocenters. The molecule has 0 fully saturated rings. The number of oxime groups is 1. The lowest BCUT2D eigenvalue weighted by atomic mass is 10.1. The van der Waals surface area contributed by atoms with E-state index in [1.165, 1.54) is 0 Å². The highest BCUT2D eigenvalue weighted by molar-refractivity contribution is 9.10. The van der Waals surface area contributed by atoms with E-state index in [9.17, 15) is 0 Å². The van der Waals surface area contributed by atoms with Gasteiger partial charge in [-0.15, -0.1) is 0 Å². The van der Waals surface area contributed by atoms with E-state index in [0.717, 1.165) is 21.4 Å². The van der Waals surface area contributed by atoms with Crippen molar-refractivity contribution in [2.45, 2.75) is 20.8 Å². The van der Waals surface area contributed by atoms with Crippen LogP contribution in [0.5, 0.6) is 5.88 Å². The maximum Gasteiger partial charge on any atom is 0.252 e. The Morgan fingerprint density at radius 2 is 1.84 bits per heavy atom. The maximum atomic E-state index is 5.34. The molecule has 1 aromatic carbocycles. The minimum atomic E-state index is 0.460. The molecule has 0 amide bonds. The smallest absolute Gasteiger partial charge is 0.252 e. The normalized spacial score (nSPS) is 11.5. The van der Waals surface area contributed by atoms with Gasteiger partial charge in [-0.1, -0.05) is 33.2 Å². The number of benzene rings is 1. The van der Waals surface area contributed by atoms with Crippen LogP contribution in [0, 0.1) is 13.8 Å². The third-order valence-electron chi connectivity index (χ3n) is 2.48. The summed E-state index contributed by atoms with van der Waals surface area (Å²) in [5.74, 6) is 1.13. The Labute approximate surface area is 120 Å². The van der Waals surface area contributed by atoms with Gasteiger partial charge in [0.05, 0.1) is 5.71 Å². The Bertz CT molecular complexity index is 588. The van der Waals surface area contributed by atoms with Crippen molar-refractivity contribution in [3.8, 4) is 5.88 Å². The third kappa shape index (κ3) is 3.86. The Kier molecular flexibility index (Phi) is 4.27. The molecule has 4 nitrogen and oxygen atoms in total. The average molecular weight is 320 g/mol. The van der Waals surface area contributed by atoms with Gasteiger partial charge >= 0.3 is 0 Å². The van der Waals surface area contributed by atoms with Gasteiger partial charge in [-0.3, -0.25) is 0 Å². The van der Waals surface area contributed by atoms with Crippen LogP contribution in [0.15, 0.2) is 40.0 Å². The summed E-state index contributed by atoms with van der Waals surface area (Å²) in [6.45, 7) is 5.61. The second kappa shape index (κ2) is 5.93. The van der Waals surface area contributed by atoms with Crippen molar-refractivity contribution in [2.75, 3.05) is 0 Å². The molecule has 0 aliphatic carbocycles. The van der Waals surface area contributed by atoms with Crippen molar-refractivity contribution in [1.29, 1.82) is 0 Å². The number of halogens is 1. The number of nitrogens with zero attached hydrogens (tertiary/aromatic N) is 3. The summed E-state index contributed by atoms with van der Waals surface area (Å²) in [5.41, 5.74) is 2.66. The molecule has 2 rings (SSSR count). The number of hydrogen-bond acceptors (Lipinski definition) is 4. The molecular formula is C14H14BrN3O. The van der Waals surface area contributed by atoms with Crippen LogP contribution in [-0.2, 0) is 0 Å². The molecule has 0 unspecified atom stereocenters. The monoisotopic (exact) mass is 319 g/mol. The molecular weight excluding hydrogens is 306 g/mol. The molecule has 0 aliphatic rings. The Balaban J connectivity index is 2.15. The van der Waals surface area contributed by atoms with Crippen molar-refractivity contribution in [3.05, 3.63) is 51.9 Å². The van der Waals surface area contributed by atoms with Crippen LogP contribution in [0.2, 0.25) is 0 Å². The van der Waals surface area contributed by atoms with Gasteiger partial charge in [-0.2, -0.15) is 4.98 Å². The van der Waals surface area contributed by atoms with Crippen molar-refractivity contribution >= 4 is 21.6 Å². The quantitative estimate of drug-likeness (QED) is 0.640. The molecule has 5 heteroatoms. The number of hydrogen-bond donors (Lipinski definition) is 0. The zero-order valence-corrected chi connectivity index (χ0v) is 12.6. The zero-order valence-electron chi connectivity index (χ0n) is 11.0. The van der Waals surface area contributed by atoms with E-state index in [1.807, 2.05) is 45.0 Å².